The average Bonchev–Trinajstić information content (AvgIpc) is 3.32. The fourth-order valence-corrected chi connectivity index (χ4v) is 3.63. The molecule has 0 unspecified atom stereocenters. The predicted molar refractivity (Wildman–Crippen MR) is 109 cm³/mol. The number of anilines is 1. The van der Waals surface area contributed by atoms with Crippen molar-refractivity contribution in [3.05, 3.63) is 72.1 Å². The highest BCUT2D eigenvalue weighted by Gasteiger charge is 2.35. The monoisotopic (exact) mass is 376 g/mol. The Bertz CT molecular complexity index is 982. The van der Waals surface area contributed by atoms with E-state index >= 15 is 0 Å². The first-order valence-electron chi connectivity index (χ1n) is 9.44. The van der Waals surface area contributed by atoms with E-state index in [9.17, 15) is 4.79 Å². The molecule has 1 aliphatic rings. The van der Waals surface area contributed by atoms with Crippen LogP contribution in [0.25, 0.3) is 0 Å². The summed E-state index contributed by atoms with van der Waals surface area (Å²) in [5, 5.41) is 10.6. The van der Waals surface area contributed by atoms with Gasteiger partial charge in [-0.05, 0) is 42.3 Å². The molecule has 6 heteroatoms. The van der Waals surface area contributed by atoms with Gasteiger partial charge in [-0.25, -0.2) is 0 Å². The van der Waals surface area contributed by atoms with Gasteiger partial charge in [-0.2, -0.15) is 5.10 Å². The van der Waals surface area contributed by atoms with Crippen LogP contribution in [0.2, 0.25) is 0 Å². The zero-order valence-electron chi connectivity index (χ0n) is 16.1. The summed E-state index contributed by atoms with van der Waals surface area (Å²) in [7, 11) is 1.89. The number of aryl methyl sites for hydroxylation is 2. The highest BCUT2D eigenvalue weighted by Crippen LogP contribution is 2.32. The smallest absolute Gasteiger partial charge is 0.229 e. The quantitative estimate of drug-likeness (QED) is 0.716. The van der Waals surface area contributed by atoms with Crippen LogP contribution in [-0.2, 0) is 11.8 Å². The van der Waals surface area contributed by atoms with E-state index in [4.69, 9.17) is 4.74 Å². The van der Waals surface area contributed by atoms with E-state index < -0.39 is 0 Å². The first-order chi connectivity index (χ1) is 13.6. The van der Waals surface area contributed by atoms with E-state index in [1.54, 1.807) is 4.68 Å². The fourth-order valence-electron chi connectivity index (χ4n) is 3.63. The zero-order chi connectivity index (χ0) is 19.5. The number of carbonyl (C=O) groups is 1. The molecule has 2 atom stereocenters. The summed E-state index contributed by atoms with van der Waals surface area (Å²) in [6.07, 6.45) is 3.82. The highest BCUT2D eigenvalue weighted by molar-refractivity contribution is 5.95. The Balaban J connectivity index is 1.51. The van der Waals surface area contributed by atoms with Gasteiger partial charge in [0.05, 0.1) is 17.8 Å². The number of nitrogens with zero attached hydrogens (tertiary/aromatic N) is 2. The van der Waals surface area contributed by atoms with Crippen molar-refractivity contribution in [1.29, 1.82) is 0 Å². The van der Waals surface area contributed by atoms with Crippen molar-refractivity contribution in [3.63, 3.8) is 0 Å². The molecule has 2 N–H and O–H groups in total. The van der Waals surface area contributed by atoms with Gasteiger partial charge in [-0.3, -0.25) is 9.48 Å². The van der Waals surface area contributed by atoms with Gasteiger partial charge in [-0.1, -0.05) is 24.3 Å². The second kappa shape index (κ2) is 7.86. The summed E-state index contributed by atoms with van der Waals surface area (Å²) in [4.78, 5) is 13.0. The third-order valence-corrected chi connectivity index (χ3v) is 5.07. The Hall–Kier alpha value is -3.12. The summed E-state index contributed by atoms with van der Waals surface area (Å²) < 4.78 is 7.80. The second-order valence-corrected chi connectivity index (χ2v) is 7.22. The Morgan fingerprint density at radius 3 is 2.86 bits per heavy atom. The molecule has 1 aromatic heterocycles. The van der Waals surface area contributed by atoms with Crippen LogP contribution >= 0.6 is 0 Å². The van der Waals surface area contributed by atoms with Crippen LogP contribution in [0, 0.1) is 12.8 Å². The molecule has 28 heavy (non-hydrogen) atoms. The van der Waals surface area contributed by atoms with Crippen LogP contribution < -0.4 is 15.4 Å². The van der Waals surface area contributed by atoms with Gasteiger partial charge in [0.25, 0.3) is 0 Å². The number of hydrogen-bond donors (Lipinski definition) is 2. The van der Waals surface area contributed by atoms with Crippen molar-refractivity contribution >= 4 is 11.6 Å². The number of ether oxygens (including phenoxy) is 1. The van der Waals surface area contributed by atoms with Gasteiger partial charge in [0.2, 0.25) is 5.91 Å². The summed E-state index contributed by atoms with van der Waals surface area (Å²) in [5.41, 5.74) is 2.87. The van der Waals surface area contributed by atoms with Crippen LogP contribution in [0.4, 0.5) is 5.69 Å². The molecule has 144 valence electrons. The maximum absolute atomic E-state index is 13.0. The fraction of sp³-hybridized carbons (Fsp3) is 0.273. The van der Waals surface area contributed by atoms with E-state index in [1.165, 1.54) is 0 Å². The molecular weight excluding hydrogens is 352 g/mol. The van der Waals surface area contributed by atoms with Crippen LogP contribution in [0.5, 0.6) is 11.5 Å². The van der Waals surface area contributed by atoms with Gasteiger partial charge >= 0.3 is 0 Å². The standard InChI is InChI=1S/C22H24N4O2/c1-15-6-5-7-17(10-15)28-21-9-4-3-8-20(21)25-22(27)19-13-23-12-18(19)16-11-24-26(2)14-16/h3-11,14,18-19,23H,12-13H2,1-2H3,(H,25,27)/t18-,19+/m1/s1. The third-order valence-electron chi connectivity index (χ3n) is 5.07. The Morgan fingerprint density at radius 1 is 1.21 bits per heavy atom. The molecule has 4 rings (SSSR count). The molecule has 2 heterocycles. The SMILES string of the molecule is Cc1cccc(Oc2ccccc2NC(=O)[C@H]2CNC[C@@H]2c2cnn(C)c2)c1. The topological polar surface area (TPSA) is 68.2 Å². The summed E-state index contributed by atoms with van der Waals surface area (Å²) in [6.45, 7) is 3.43. The van der Waals surface area contributed by atoms with Crippen molar-refractivity contribution in [2.75, 3.05) is 18.4 Å². The number of para-hydroxylation sites is 2. The summed E-state index contributed by atoms with van der Waals surface area (Å²) in [5.74, 6) is 1.32. The molecule has 0 spiro atoms. The van der Waals surface area contributed by atoms with Gasteiger partial charge in [-0.15, -0.1) is 0 Å². The highest BCUT2D eigenvalue weighted by atomic mass is 16.5. The van der Waals surface area contributed by atoms with Gasteiger partial charge < -0.3 is 15.4 Å². The van der Waals surface area contributed by atoms with Crippen LogP contribution in [0.15, 0.2) is 60.9 Å². The van der Waals surface area contributed by atoms with E-state index in [2.05, 4.69) is 15.7 Å². The first-order valence-corrected chi connectivity index (χ1v) is 9.44. The summed E-state index contributed by atoms with van der Waals surface area (Å²) >= 11 is 0. The van der Waals surface area contributed by atoms with Crippen LogP contribution in [-0.4, -0.2) is 28.8 Å². The maximum atomic E-state index is 13.0. The maximum Gasteiger partial charge on any atom is 0.229 e. The van der Waals surface area contributed by atoms with Gasteiger partial charge in [0, 0.05) is 32.3 Å². The molecule has 0 bridgehead atoms. The molecule has 1 aliphatic heterocycles. The lowest BCUT2D eigenvalue weighted by molar-refractivity contribution is -0.119. The molecule has 2 aromatic carbocycles. The molecule has 1 saturated heterocycles. The average molecular weight is 376 g/mol. The van der Waals surface area contributed by atoms with Crippen molar-refractivity contribution in [1.82, 2.24) is 15.1 Å². The van der Waals surface area contributed by atoms with Crippen molar-refractivity contribution in [3.8, 4) is 11.5 Å². The van der Waals surface area contributed by atoms with Gasteiger partial charge in [0.15, 0.2) is 5.75 Å². The molecule has 0 radical (unpaired) electrons. The molecular formula is C22H24N4O2. The minimum atomic E-state index is -0.156. The van der Waals surface area contributed by atoms with Crippen LogP contribution in [0.1, 0.15) is 17.0 Å². The van der Waals surface area contributed by atoms with Crippen molar-refractivity contribution < 1.29 is 9.53 Å². The third kappa shape index (κ3) is 3.92. The Labute approximate surface area is 164 Å². The molecule has 1 amide bonds. The molecule has 0 saturated carbocycles. The minimum Gasteiger partial charge on any atom is -0.455 e. The molecule has 0 aliphatic carbocycles. The largest absolute Gasteiger partial charge is 0.455 e. The lowest BCUT2D eigenvalue weighted by Crippen LogP contribution is -2.28. The number of carbonyl (C=O) groups excluding carboxylic acids is 1. The van der Waals surface area contributed by atoms with E-state index in [1.807, 2.05) is 74.9 Å². The lowest BCUT2D eigenvalue weighted by atomic mass is 9.90. The van der Waals surface area contributed by atoms with Gasteiger partial charge in [0.1, 0.15) is 5.75 Å². The van der Waals surface area contributed by atoms with Crippen molar-refractivity contribution in [2.24, 2.45) is 13.0 Å². The molecule has 3 aromatic rings. The number of hydrogen-bond acceptors (Lipinski definition) is 4. The Morgan fingerprint density at radius 2 is 2.07 bits per heavy atom. The minimum absolute atomic E-state index is 0.0147. The number of aromatic nitrogens is 2. The summed E-state index contributed by atoms with van der Waals surface area (Å²) in [6, 6.07) is 15.4. The van der Waals surface area contributed by atoms with E-state index in [0.29, 0.717) is 18.0 Å². The first kappa shape index (κ1) is 18.3. The molecule has 1 fully saturated rings. The number of amides is 1. The normalized spacial score (nSPS) is 18.8. The van der Waals surface area contributed by atoms with E-state index in [-0.39, 0.29) is 17.7 Å². The predicted octanol–water partition coefficient (Wildman–Crippen LogP) is 3.46. The number of benzene rings is 2. The van der Waals surface area contributed by atoms with Crippen LogP contribution in [0.3, 0.4) is 0 Å². The van der Waals surface area contributed by atoms with E-state index in [0.717, 1.165) is 23.4 Å². The Kier molecular flexibility index (Phi) is 5.12. The number of rotatable bonds is 5. The lowest BCUT2D eigenvalue weighted by Gasteiger charge is -2.18. The second-order valence-electron chi connectivity index (χ2n) is 7.22. The molecule has 6 nitrogen and oxygen atoms in total. The zero-order valence-corrected chi connectivity index (χ0v) is 16.1. The number of nitrogens with one attached hydrogen (secondary N) is 2. The van der Waals surface area contributed by atoms with Crippen molar-refractivity contribution in [2.45, 2.75) is 12.8 Å².